The number of aliphatic carboxylic acids is 2. The van der Waals surface area contributed by atoms with Crippen LogP contribution in [0.2, 0.25) is 0 Å². The maximum Gasteiger partial charge on any atom is 0.335 e. The number of fused-ring (bicyclic) bond motifs is 8. The Morgan fingerprint density at radius 2 is 1.45 bits per heavy atom. The maximum absolute atomic E-state index is 15.2. The van der Waals surface area contributed by atoms with E-state index in [1.165, 1.54) is 6.33 Å². The highest BCUT2D eigenvalue weighted by molar-refractivity contribution is 5.96. The van der Waals surface area contributed by atoms with Gasteiger partial charge in [-0.05, 0) is 117 Å². The van der Waals surface area contributed by atoms with Gasteiger partial charge in [0.15, 0.2) is 42.0 Å². The molecule has 2 aliphatic heterocycles. The van der Waals surface area contributed by atoms with Gasteiger partial charge in [0.1, 0.15) is 54.6 Å². The lowest BCUT2D eigenvalue weighted by molar-refractivity contribution is -0.371. The van der Waals surface area contributed by atoms with Crippen molar-refractivity contribution in [3.8, 4) is 0 Å². The number of ether oxygens (including phenoxy) is 5. The third-order valence-corrected chi connectivity index (χ3v) is 19.4. The monoisotopic (exact) mass is 997 g/mol. The minimum atomic E-state index is -2.06. The van der Waals surface area contributed by atoms with Crippen LogP contribution < -0.4 is 5.73 Å². The van der Waals surface area contributed by atoms with Crippen LogP contribution in [0.5, 0.6) is 0 Å². The summed E-state index contributed by atoms with van der Waals surface area (Å²) < 4.78 is 31.6. The molecule has 1 unspecified atom stereocenters. The average Bonchev–Trinajstić information content (AvgIpc) is 3.71. The Balaban J connectivity index is 0.949. The molecule has 4 heterocycles. The van der Waals surface area contributed by atoms with Crippen molar-refractivity contribution in [1.29, 1.82) is 0 Å². The molecule has 392 valence electrons. The fourth-order valence-electron chi connectivity index (χ4n) is 15.0. The molecule has 71 heavy (non-hydrogen) atoms. The SMILES string of the molecule is CC(Cn1cnc2c(N)ncnc21)OC(=O)[C@@]1(C)CC[C@]2(C)CC[C@]3(C)C(=CC(=O)[C@@H]4[C@@]5(C)CC[C@H](O[C@H]6O[C@H](C(=O)O)[C@@H](O)[C@H](O)[C@H]6O[C@@H]6O[C@H](C(=O)O)[C@@H](O)[C@H](O)[C@H]6O)C(C)(C)[C@@H]5CC[C@]43C)[C@@H]2C1. The van der Waals surface area contributed by atoms with Crippen LogP contribution in [0.25, 0.3) is 11.2 Å². The van der Waals surface area contributed by atoms with Crippen molar-refractivity contribution in [2.45, 2.75) is 193 Å². The quantitative estimate of drug-likeness (QED) is 0.125. The lowest BCUT2D eigenvalue weighted by Crippen LogP contribution is -2.68. The number of esters is 1. The zero-order valence-corrected chi connectivity index (χ0v) is 41.6. The molecule has 7 aliphatic rings. The number of carbonyl (C=O) groups excluding carboxylic acids is 2. The van der Waals surface area contributed by atoms with Gasteiger partial charge in [0.05, 0.1) is 24.4 Å². The Labute approximate surface area is 411 Å². The maximum atomic E-state index is 15.2. The van der Waals surface area contributed by atoms with Gasteiger partial charge in [-0.25, -0.2) is 24.5 Å². The number of carboxylic acid groups (broad SMARTS) is 2. The normalized spacial score (nSPS) is 45.6. The van der Waals surface area contributed by atoms with Crippen molar-refractivity contribution < 1.29 is 78.6 Å². The lowest BCUT2D eigenvalue weighted by atomic mass is 9.33. The minimum absolute atomic E-state index is 0.0365. The number of hydrogen-bond donors (Lipinski definition) is 8. The number of aliphatic hydroxyl groups excluding tert-OH is 5. The molecule has 0 bridgehead atoms. The number of aliphatic hydroxyl groups is 5. The van der Waals surface area contributed by atoms with E-state index in [9.17, 15) is 50.1 Å². The molecule has 0 radical (unpaired) electrons. The van der Waals surface area contributed by atoms with Crippen molar-refractivity contribution in [1.82, 2.24) is 19.5 Å². The van der Waals surface area contributed by atoms with E-state index in [2.05, 4.69) is 42.6 Å². The number of carboxylic acids is 2. The van der Waals surface area contributed by atoms with Crippen LogP contribution in [-0.4, -0.2) is 153 Å². The van der Waals surface area contributed by atoms with Gasteiger partial charge in [-0.2, -0.15) is 0 Å². The predicted octanol–water partition coefficient (Wildman–Crippen LogP) is 2.51. The number of nitrogens with zero attached hydrogens (tertiary/aromatic N) is 4. The average molecular weight is 998 g/mol. The van der Waals surface area contributed by atoms with Gasteiger partial charge in [0, 0.05) is 5.92 Å². The fourth-order valence-corrected chi connectivity index (χ4v) is 15.0. The largest absolute Gasteiger partial charge is 0.479 e. The number of imidazole rings is 1. The topological polar surface area (TPSA) is 326 Å². The van der Waals surface area contributed by atoms with Gasteiger partial charge in [0.25, 0.3) is 0 Å². The zero-order valence-electron chi connectivity index (χ0n) is 41.6. The zero-order chi connectivity index (χ0) is 51.7. The number of ketones is 1. The third-order valence-electron chi connectivity index (χ3n) is 19.4. The van der Waals surface area contributed by atoms with E-state index < -0.39 is 107 Å². The molecule has 6 fully saturated rings. The van der Waals surface area contributed by atoms with Crippen LogP contribution in [0.4, 0.5) is 5.82 Å². The van der Waals surface area contributed by atoms with Gasteiger partial charge in [-0.1, -0.05) is 47.1 Å². The Morgan fingerprint density at radius 3 is 2.13 bits per heavy atom. The molecular formula is C50H71N5O16. The second-order valence-electron chi connectivity index (χ2n) is 23.9. The summed E-state index contributed by atoms with van der Waals surface area (Å²) in [5.41, 5.74) is 5.15. The van der Waals surface area contributed by atoms with Crippen molar-refractivity contribution >= 4 is 40.7 Å². The highest BCUT2D eigenvalue weighted by Crippen LogP contribution is 2.75. The van der Waals surface area contributed by atoms with Crippen LogP contribution >= 0.6 is 0 Å². The highest BCUT2D eigenvalue weighted by atomic mass is 16.8. The van der Waals surface area contributed by atoms with E-state index >= 15 is 4.79 Å². The molecule has 0 spiro atoms. The Bertz CT molecular complexity index is 2490. The molecule has 20 atom stereocenters. The summed E-state index contributed by atoms with van der Waals surface area (Å²) in [4.78, 5) is 66.4. The molecule has 21 heteroatoms. The highest BCUT2D eigenvalue weighted by Gasteiger charge is 2.71. The number of aromatic nitrogens is 4. The van der Waals surface area contributed by atoms with Crippen molar-refractivity contribution in [2.75, 3.05) is 5.73 Å². The summed E-state index contributed by atoms with van der Waals surface area (Å²) >= 11 is 0. The Morgan fingerprint density at radius 1 is 0.803 bits per heavy atom. The number of nitrogen functional groups attached to an aromatic ring is 1. The first-order chi connectivity index (χ1) is 33.1. The summed E-state index contributed by atoms with van der Waals surface area (Å²) in [6, 6.07) is 0. The Hall–Kier alpha value is -4.19. The van der Waals surface area contributed by atoms with E-state index in [1.54, 1.807) is 10.9 Å². The van der Waals surface area contributed by atoms with Gasteiger partial charge < -0.3 is 69.7 Å². The summed E-state index contributed by atoms with van der Waals surface area (Å²) in [7, 11) is 0. The van der Waals surface area contributed by atoms with E-state index in [0.29, 0.717) is 56.2 Å². The summed E-state index contributed by atoms with van der Waals surface area (Å²) in [6.45, 7) is 17.3. The first-order valence-corrected chi connectivity index (χ1v) is 25.0. The van der Waals surface area contributed by atoms with E-state index in [-0.39, 0.29) is 46.2 Å². The summed E-state index contributed by atoms with van der Waals surface area (Å²) in [5, 5.41) is 73.4. The standard InChI is InChI=1S/C50H71N5O16/c1-22(19-55-21-54-28-38(51)52-20-53-39(28)55)67-44(66)47(5)14-13-46(4)15-16-49(7)23(24(46)18-47)17-25(56)37-48(6)11-10-27(45(2,3)26(48)9-12-50(37,49)8)68-43-36(32(60)31(59)35(70-43)41(64)65)71-42-33(61)29(57)30(58)34(69-42)40(62)63/h17,20-22,24,26-27,29-37,42-43,57-61H,9-16,18-19H2,1-8H3,(H,62,63)(H,64,65)(H2,51,52,53)/t22?,24-,26-,27-,29-,30-,31-,32-,33+,34-,35-,36+,37+,42-,43-,46+,47-,48-,49+,50+/m0/s1. The molecule has 2 saturated heterocycles. The summed E-state index contributed by atoms with van der Waals surface area (Å²) in [6.07, 6.45) is -9.82. The number of hydrogen-bond acceptors (Lipinski definition) is 18. The van der Waals surface area contributed by atoms with Crippen LogP contribution in [-0.2, 0) is 49.4 Å². The molecule has 2 aromatic heterocycles. The molecule has 0 aromatic carbocycles. The van der Waals surface area contributed by atoms with E-state index in [4.69, 9.17) is 29.4 Å². The second-order valence-corrected chi connectivity index (χ2v) is 23.9. The van der Waals surface area contributed by atoms with Crippen LogP contribution in [0.15, 0.2) is 24.3 Å². The molecule has 0 amide bonds. The van der Waals surface area contributed by atoms with E-state index in [1.807, 2.05) is 33.8 Å². The molecule has 9 N–H and O–H groups in total. The van der Waals surface area contributed by atoms with Gasteiger partial charge >= 0.3 is 17.9 Å². The lowest BCUT2D eigenvalue weighted by Gasteiger charge is -2.70. The molecule has 21 nitrogen and oxygen atoms in total. The van der Waals surface area contributed by atoms with Crippen LogP contribution in [0.1, 0.15) is 113 Å². The van der Waals surface area contributed by atoms with Crippen molar-refractivity contribution in [3.05, 3.63) is 24.3 Å². The number of carbonyl (C=O) groups is 4. The van der Waals surface area contributed by atoms with Crippen molar-refractivity contribution in [3.63, 3.8) is 0 Å². The molecule has 2 aromatic rings. The number of rotatable bonds is 10. The predicted molar refractivity (Wildman–Crippen MR) is 247 cm³/mol. The van der Waals surface area contributed by atoms with Crippen LogP contribution in [0, 0.1) is 50.2 Å². The fraction of sp³-hybridized carbons (Fsp3) is 0.780. The summed E-state index contributed by atoms with van der Waals surface area (Å²) in [5.74, 6) is -3.75. The number of anilines is 1. The number of nitrogens with two attached hydrogens (primary N) is 1. The van der Waals surface area contributed by atoms with Crippen molar-refractivity contribution in [2.24, 2.45) is 50.2 Å². The molecule has 5 aliphatic carbocycles. The third kappa shape index (κ3) is 8.02. The first-order valence-electron chi connectivity index (χ1n) is 25.0. The minimum Gasteiger partial charge on any atom is -0.479 e. The Kier molecular flexibility index (Phi) is 12.9. The van der Waals surface area contributed by atoms with Gasteiger partial charge in [0.2, 0.25) is 0 Å². The van der Waals surface area contributed by atoms with E-state index in [0.717, 1.165) is 24.8 Å². The molecular weight excluding hydrogens is 927 g/mol. The number of allylic oxidation sites excluding steroid dienone is 2. The molecule has 4 saturated carbocycles. The first kappa shape index (κ1) is 51.7. The van der Waals surface area contributed by atoms with Crippen LogP contribution in [0.3, 0.4) is 0 Å². The molecule has 9 rings (SSSR count). The second kappa shape index (κ2) is 17.7. The smallest absolute Gasteiger partial charge is 0.335 e. The van der Waals surface area contributed by atoms with Gasteiger partial charge in [-0.15, -0.1) is 0 Å². The van der Waals surface area contributed by atoms with Gasteiger partial charge in [-0.3, -0.25) is 9.59 Å².